The summed E-state index contributed by atoms with van der Waals surface area (Å²) in [4.78, 5) is 10.3. The van der Waals surface area contributed by atoms with Crippen LogP contribution in [0.25, 0.3) is 0 Å². The van der Waals surface area contributed by atoms with Crippen molar-refractivity contribution < 1.29 is 14.6 Å². The molecule has 15 heavy (non-hydrogen) atoms. The lowest BCUT2D eigenvalue weighted by Gasteiger charge is -2.10. The molecule has 0 saturated carbocycles. The zero-order valence-electron chi connectivity index (χ0n) is 8.22. The lowest BCUT2D eigenvalue weighted by atomic mass is 10.1. The lowest BCUT2D eigenvalue weighted by molar-refractivity contribution is 0.149. The first-order valence-electron chi connectivity index (χ1n) is 4.53. The molecule has 5 nitrogen and oxygen atoms in total. The molecule has 0 unspecified atom stereocenters. The number of phenols is 1. The Balaban J connectivity index is 2.40. The minimum Gasteiger partial charge on any atom is -0.508 e. The third-order valence-corrected chi connectivity index (χ3v) is 1.87. The SMILES string of the molecule is NC(=O)OC[C@@H](N)Cc1ccc(O)cc1. The summed E-state index contributed by atoms with van der Waals surface area (Å²) in [5.74, 6) is 0.209. The summed E-state index contributed by atoms with van der Waals surface area (Å²) in [6, 6.07) is 6.40. The number of phenolic OH excluding ortho intramolecular Hbond substituents is 1. The number of nitrogens with two attached hydrogens (primary N) is 2. The maximum atomic E-state index is 10.3. The highest BCUT2D eigenvalue weighted by Crippen LogP contribution is 2.10. The van der Waals surface area contributed by atoms with Gasteiger partial charge in [-0.05, 0) is 24.1 Å². The van der Waals surface area contributed by atoms with Crippen molar-refractivity contribution in [3.63, 3.8) is 0 Å². The smallest absolute Gasteiger partial charge is 0.404 e. The summed E-state index contributed by atoms with van der Waals surface area (Å²) in [5, 5.41) is 9.05. The number of primary amides is 1. The van der Waals surface area contributed by atoms with Gasteiger partial charge in [-0.1, -0.05) is 12.1 Å². The fourth-order valence-electron chi connectivity index (χ4n) is 1.18. The van der Waals surface area contributed by atoms with Crippen molar-refractivity contribution in [2.45, 2.75) is 12.5 Å². The fraction of sp³-hybridized carbons (Fsp3) is 0.300. The molecule has 1 aromatic carbocycles. The molecule has 0 radical (unpaired) electrons. The van der Waals surface area contributed by atoms with E-state index in [4.69, 9.17) is 16.6 Å². The number of carbonyl (C=O) groups is 1. The number of amides is 1. The summed E-state index contributed by atoms with van der Waals surface area (Å²) >= 11 is 0. The van der Waals surface area contributed by atoms with Crippen LogP contribution in [-0.4, -0.2) is 23.8 Å². The number of aromatic hydroxyl groups is 1. The molecule has 1 atom stereocenters. The van der Waals surface area contributed by atoms with Gasteiger partial charge in [0.05, 0.1) is 0 Å². The van der Waals surface area contributed by atoms with E-state index >= 15 is 0 Å². The molecule has 0 aliphatic heterocycles. The van der Waals surface area contributed by atoms with E-state index in [9.17, 15) is 4.79 Å². The fourth-order valence-corrected chi connectivity index (χ4v) is 1.18. The van der Waals surface area contributed by atoms with Gasteiger partial charge in [0.15, 0.2) is 0 Å². The summed E-state index contributed by atoms with van der Waals surface area (Å²) in [6.45, 7) is 0.0935. The number of hydrogen-bond donors (Lipinski definition) is 3. The molecule has 0 aromatic heterocycles. The van der Waals surface area contributed by atoms with Gasteiger partial charge >= 0.3 is 6.09 Å². The van der Waals surface area contributed by atoms with Crippen LogP contribution in [0.5, 0.6) is 5.75 Å². The number of ether oxygens (including phenoxy) is 1. The predicted octanol–water partition coefficient (Wildman–Crippen LogP) is 0.357. The Morgan fingerprint density at radius 2 is 2.00 bits per heavy atom. The van der Waals surface area contributed by atoms with Crippen LogP contribution in [0.1, 0.15) is 5.56 Å². The second-order valence-electron chi connectivity index (χ2n) is 3.26. The minimum atomic E-state index is -0.823. The second kappa shape index (κ2) is 5.21. The van der Waals surface area contributed by atoms with Crippen molar-refractivity contribution >= 4 is 6.09 Å². The van der Waals surface area contributed by atoms with E-state index < -0.39 is 6.09 Å². The molecule has 0 bridgehead atoms. The number of benzene rings is 1. The molecule has 1 rings (SSSR count). The van der Waals surface area contributed by atoms with Crippen LogP contribution in [0.4, 0.5) is 4.79 Å². The van der Waals surface area contributed by atoms with E-state index in [0.29, 0.717) is 6.42 Å². The van der Waals surface area contributed by atoms with E-state index in [1.807, 2.05) is 0 Å². The van der Waals surface area contributed by atoms with Crippen molar-refractivity contribution in [1.82, 2.24) is 0 Å². The van der Waals surface area contributed by atoms with Crippen LogP contribution in [0, 0.1) is 0 Å². The van der Waals surface area contributed by atoms with Crippen LogP contribution in [-0.2, 0) is 11.2 Å². The monoisotopic (exact) mass is 210 g/mol. The molecule has 5 N–H and O–H groups in total. The first-order valence-corrected chi connectivity index (χ1v) is 4.53. The third-order valence-electron chi connectivity index (χ3n) is 1.87. The molecule has 0 saturated heterocycles. The van der Waals surface area contributed by atoms with E-state index in [2.05, 4.69) is 4.74 Å². The van der Waals surface area contributed by atoms with E-state index in [1.165, 1.54) is 0 Å². The summed E-state index contributed by atoms with van der Waals surface area (Å²) < 4.78 is 4.56. The van der Waals surface area contributed by atoms with Crippen molar-refractivity contribution in [3.8, 4) is 5.75 Å². The van der Waals surface area contributed by atoms with Gasteiger partial charge in [0.2, 0.25) is 0 Å². The van der Waals surface area contributed by atoms with Crippen molar-refractivity contribution in [2.75, 3.05) is 6.61 Å². The van der Waals surface area contributed by atoms with E-state index in [-0.39, 0.29) is 18.4 Å². The molecule has 0 spiro atoms. The number of carbonyl (C=O) groups excluding carboxylic acids is 1. The van der Waals surface area contributed by atoms with Crippen LogP contribution < -0.4 is 11.5 Å². The second-order valence-corrected chi connectivity index (χ2v) is 3.26. The number of hydrogen-bond acceptors (Lipinski definition) is 4. The van der Waals surface area contributed by atoms with Crippen LogP contribution in [0.2, 0.25) is 0 Å². The Labute approximate surface area is 87.6 Å². The summed E-state index contributed by atoms with van der Waals surface area (Å²) in [5.41, 5.74) is 11.5. The van der Waals surface area contributed by atoms with E-state index in [1.54, 1.807) is 24.3 Å². The van der Waals surface area contributed by atoms with Gasteiger partial charge in [-0.2, -0.15) is 0 Å². The topological polar surface area (TPSA) is 98.6 Å². The van der Waals surface area contributed by atoms with Gasteiger partial charge in [0.1, 0.15) is 12.4 Å². The Morgan fingerprint density at radius 3 is 2.53 bits per heavy atom. The van der Waals surface area contributed by atoms with Gasteiger partial charge in [0.25, 0.3) is 0 Å². The maximum absolute atomic E-state index is 10.3. The highest BCUT2D eigenvalue weighted by molar-refractivity contribution is 5.64. The quantitative estimate of drug-likeness (QED) is 0.668. The molecule has 0 heterocycles. The Morgan fingerprint density at radius 1 is 1.40 bits per heavy atom. The van der Waals surface area contributed by atoms with Crippen LogP contribution >= 0.6 is 0 Å². The van der Waals surface area contributed by atoms with Gasteiger partial charge in [-0.3, -0.25) is 0 Å². The largest absolute Gasteiger partial charge is 0.508 e. The molecule has 5 heteroatoms. The summed E-state index contributed by atoms with van der Waals surface area (Å²) in [6.07, 6.45) is -0.260. The average molecular weight is 210 g/mol. The van der Waals surface area contributed by atoms with Gasteiger partial charge < -0.3 is 21.3 Å². The Hall–Kier alpha value is -1.75. The zero-order valence-corrected chi connectivity index (χ0v) is 8.22. The van der Waals surface area contributed by atoms with Gasteiger partial charge in [-0.15, -0.1) is 0 Å². The molecule has 0 aliphatic carbocycles. The van der Waals surface area contributed by atoms with Crippen molar-refractivity contribution in [2.24, 2.45) is 11.5 Å². The van der Waals surface area contributed by atoms with Crippen LogP contribution in [0.15, 0.2) is 24.3 Å². The first-order chi connectivity index (χ1) is 7.08. The van der Waals surface area contributed by atoms with Crippen LogP contribution in [0.3, 0.4) is 0 Å². The lowest BCUT2D eigenvalue weighted by Crippen LogP contribution is -2.31. The maximum Gasteiger partial charge on any atom is 0.404 e. The van der Waals surface area contributed by atoms with E-state index in [0.717, 1.165) is 5.56 Å². The van der Waals surface area contributed by atoms with Gasteiger partial charge in [0, 0.05) is 6.04 Å². The van der Waals surface area contributed by atoms with Crippen molar-refractivity contribution in [1.29, 1.82) is 0 Å². The molecular formula is C10H14N2O3. The molecule has 1 amide bonds. The number of rotatable bonds is 4. The molecular weight excluding hydrogens is 196 g/mol. The standard InChI is InChI=1S/C10H14N2O3/c11-8(6-15-10(12)14)5-7-1-3-9(13)4-2-7/h1-4,8,13H,5-6,11H2,(H2,12,14)/t8-/m0/s1. The first kappa shape index (κ1) is 11.3. The highest BCUT2D eigenvalue weighted by Gasteiger charge is 2.06. The average Bonchev–Trinajstić information content (AvgIpc) is 2.19. The molecule has 0 aliphatic rings. The predicted molar refractivity (Wildman–Crippen MR) is 55.3 cm³/mol. The van der Waals surface area contributed by atoms with Gasteiger partial charge in [-0.25, -0.2) is 4.79 Å². The zero-order chi connectivity index (χ0) is 11.3. The minimum absolute atomic E-state index is 0.0935. The molecule has 82 valence electrons. The molecule has 0 fully saturated rings. The third kappa shape index (κ3) is 4.33. The van der Waals surface area contributed by atoms with Crippen molar-refractivity contribution in [3.05, 3.63) is 29.8 Å². The Kier molecular flexibility index (Phi) is 3.93. The normalized spacial score (nSPS) is 12.1. The highest BCUT2D eigenvalue weighted by atomic mass is 16.5. The Bertz CT molecular complexity index is 324. The molecule has 1 aromatic rings. The summed E-state index contributed by atoms with van der Waals surface area (Å²) in [7, 11) is 0.